The van der Waals surface area contributed by atoms with Crippen LogP contribution >= 0.6 is 0 Å². The molecule has 0 spiro atoms. The molecule has 0 N–H and O–H groups in total. The molecule has 4 aromatic rings. The third-order valence-corrected chi connectivity index (χ3v) is 6.68. The molecule has 4 aromatic carbocycles. The highest BCUT2D eigenvalue weighted by atomic mass is 32.2. The van der Waals surface area contributed by atoms with Gasteiger partial charge in [-0.05, 0) is 78.6 Å². The van der Waals surface area contributed by atoms with Gasteiger partial charge in [-0.1, -0.05) is 48.5 Å². The minimum absolute atomic E-state index is 0.0192. The Labute approximate surface area is 187 Å². The molecule has 0 bridgehead atoms. The number of carbonyl (C=O) groups excluding carboxylic acids is 1. The summed E-state index contributed by atoms with van der Waals surface area (Å²) >= 11 is 0. The summed E-state index contributed by atoms with van der Waals surface area (Å²) in [6, 6.07) is 22.5. The molecule has 162 valence electrons. The van der Waals surface area contributed by atoms with Crippen LogP contribution in [0.1, 0.15) is 27.0 Å². The summed E-state index contributed by atoms with van der Waals surface area (Å²) in [4.78, 5) is 12.9. The molecule has 0 unspecified atom stereocenters. The molecule has 32 heavy (non-hydrogen) atoms. The van der Waals surface area contributed by atoms with Crippen molar-refractivity contribution >= 4 is 26.9 Å². The molecular weight excluding hydrogens is 424 g/mol. The zero-order valence-corrected chi connectivity index (χ0v) is 18.8. The zero-order chi connectivity index (χ0) is 22.9. The fourth-order valence-corrected chi connectivity index (χ4v) is 4.71. The van der Waals surface area contributed by atoms with Gasteiger partial charge in [0.05, 0.1) is 0 Å². The lowest BCUT2D eigenvalue weighted by Crippen LogP contribution is -2.16. The van der Waals surface area contributed by atoms with E-state index in [9.17, 15) is 13.2 Å². The topological polar surface area (TPSA) is 69.7 Å². The number of hydrogen-bond donors (Lipinski definition) is 0. The van der Waals surface area contributed by atoms with Crippen molar-refractivity contribution in [3.63, 3.8) is 0 Å². The molecule has 0 atom stereocenters. The molecule has 0 amide bonds. The lowest BCUT2D eigenvalue weighted by Gasteiger charge is -2.14. The zero-order valence-electron chi connectivity index (χ0n) is 18.0. The molecule has 6 heteroatoms. The SMILES string of the molecule is Cc1cc(C)c(S(=O)(=O)Oc2ccccc2C(=O)Oc2ccc3ccccc3c2)cc1C. The number of para-hydroxylation sites is 1. The van der Waals surface area contributed by atoms with Gasteiger partial charge in [-0.25, -0.2) is 4.79 Å². The quantitative estimate of drug-likeness (QED) is 0.222. The number of aryl methyl sites for hydroxylation is 3. The Morgan fingerprint density at radius 2 is 1.38 bits per heavy atom. The minimum Gasteiger partial charge on any atom is -0.423 e. The highest BCUT2D eigenvalue weighted by Crippen LogP contribution is 2.28. The molecule has 5 nitrogen and oxygen atoms in total. The summed E-state index contributed by atoms with van der Waals surface area (Å²) in [5, 5.41) is 1.95. The molecule has 0 saturated heterocycles. The minimum atomic E-state index is -4.15. The van der Waals surface area contributed by atoms with Crippen LogP contribution in [0.5, 0.6) is 11.5 Å². The Hall–Kier alpha value is -3.64. The summed E-state index contributed by atoms with van der Waals surface area (Å²) in [7, 11) is -4.15. The predicted molar refractivity (Wildman–Crippen MR) is 124 cm³/mol. The van der Waals surface area contributed by atoms with Gasteiger partial charge in [-0.15, -0.1) is 0 Å². The Balaban J connectivity index is 1.63. The number of hydrogen-bond acceptors (Lipinski definition) is 5. The number of benzene rings is 4. The predicted octanol–water partition coefficient (Wildman–Crippen LogP) is 5.75. The van der Waals surface area contributed by atoms with Crippen LogP contribution in [0.4, 0.5) is 0 Å². The first-order valence-electron chi connectivity index (χ1n) is 10.1. The van der Waals surface area contributed by atoms with Crippen molar-refractivity contribution in [1.82, 2.24) is 0 Å². The standard InChI is InChI=1S/C26H22O5S/c1-17-14-19(3)25(15-18(17)2)32(28,29)31-24-11-7-6-10-23(24)26(27)30-22-13-12-20-8-4-5-9-21(20)16-22/h4-16H,1-3H3. The van der Waals surface area contributed by atoms with Gasteiger partial charge in [-0.3, -0.25) is 0 Å². The molecule has 0 aromatic heterocycles. The van der Waals surface area contributed by atoms with E-state index >= 15 is 0 Å². The van der Waals surface area contributed by atoms with Crippen LogP contribution in [0.15, 0.2) is 83.8 Å². The Bertz CT molecular complexity index is 1440. The lowest BCUT2D eigenvalue weighted by atomic mass is 10.1. The van der Waals surface area contributed by atoms with Gasteiger partial charge in [0.25, 0.3) is 0 Å². The van der Waals surface area contributed by atoms with Gasteiger partial charge in [0.15, 0.2) is 5.75 Å². The first kappa shape index (κ1) is 21.6. The second-order valence-corrected chi connectivity index (χ2v) is 9.15. The molecule has 0 aliphatic carbocycles. The summed E-state index contributed by atoms with van der Waals surface area (Å²) in [6.45, 7) is 5.46. The van der Waals surface area contributed by atoms with E-state index in [-0.39, 0.29) is 16.2 Å². The second-order valence-electron chi connectivity index (χ2n) is 7.63. The normalized spacial score (nSPS) is 11.3. The average molecular weight is 447 g/mol. The second kappa shape index (κ2) is 8.48. The molecule has 0 aliphatic heterocycles. The van der Waals surface area contributed by atoms with Crippen LogP contribution in [0.2, 0.25) is 0 Å². The van der Waals surface area contributed by atoms with E-state index < -0.39 is 16.1 Å². The van der Waals surface area contributed by atoms with E-state index in [2.05, 4.69) is 0 Å². The van der Waals surface area contributed by atoms with Gasteiger partial charge in [0.2, 0.25) is 0 Å². The highest BCUT2D eigenvalue weighted by Gasteiger charge is 2.24. The van der Waals surface area contributed by atoms with Crippen molar-refractivity contribution in [1.29, 1.82) is 0 Å². The van der Waals surface area contributed by atoms with Crippen LogP contribution in [-0.4, -0.2) is 14.4 Å². The summed E-state index contributed by atoms with van der Waals surface area (Å²) in [5.74, 6) is -0.435. The van der Waals surface area contributed by atoms with Gasteiger partial charge in [-0.2, -0.15) is 8.42 Å². The molecule has 0 fully saturated rings. The van der Waals surface area contributed by atoms with Crippen molar-refractivity contribution in [2.75, 3.05) is 0 Å². The lowest BCUT2D eigenvalue weighted by molar-refractivity contribution is 0.0733. The number of ether oxygens (including phenoxy) is 1. The summed E-state index contributed by atoms with van der Waals surface area (Å²) in [5.41, 5.74) is 2.41. The van der Waals surface area contributed by atoms with Gasteiger partial charge in [0.1, 0.15) is 16.2 Å². The van der Waals surface area contributed by atoms with E-state index in [0.717, 1.165) is 21.9 Å². The highest BCUT2D eigenvalue weighted by molar-refractivity contribution is 7.87. The van der Waals surface area contributed by atoms with Gasteiger partial charge < -0.3 is 8.92 Å². The number of fused-ring (bicyclic) bond motifs is 1. The third-order valence-electron chi connectivity index (χ3n) is 5.30. The molecule has 0 radical (unpaired) electrons. The van der Waals surface area contributed by atoms with Gasteiger partial charge >= 0.3 is 16.1 Å². The van der Waals surface area contributed by atoms with Crippen molar-refractivity contribution in [2.24, 2.45) is 0 Å². The fourth-order valence-electron chi connectivity index (χ4n) is 3.47. The maximum Gasteiger partial charge on any atom is 0.347 e. The summed E-state index contributed by atoms with van der Waals surface area (Å²) < 4.78 is 36.9. The Morgan fingerprint density at radius 1 is 0.719 bits per heavy atom. The molecule has 0 heterocycles. The molecule has 0 saturated carbocycles. The first-order chi connectivity index (χ1) is 15.2. The van der Waals surface area contributed by atoms with Crippen molar-refractivity contribution in [2.45, 2.75) is 25.7 Å². The number of esters is 1. The van der Waals surface area contributed by atoms with E-state index in [1.54, 1.807) is 43.3 Å². The maximum absolute atomic E-state index is 13.0. The number of rotatable bonds is 5. The van der Waals surface area contributed by atoms with Crippen LogP contribution in [0.3, 0.4) is 0 Å². The smallest absolute Gasteiger partial charge is 0.347 e. The van der Waals surface area contributed by atoms with Crippen LogP contribution < -0.4 is 8.92 Å². The summed E-state index contributed by atoms with van der Waals surface area (Å²) in [6.07, 6.45) is 0. The molecule has 4 rings (SSSR count). The first-order valence-corrected chi connectivity index (χ1v) is 11.5. The molecular formula is C26H22O5S. The van der Waals surface area contributed by atoms with Crippen LogP contribution in [-0.2, 0) is 10.1 Å². The van der Waals surface area contributed by atoms with E-state index in [4.69, 9.17) is 8.92 Å². The van der Waals surface area contributed by atoms with Crippen molar-refractivity contribution in [3.05, 3.63) is 101 Å². The monoisotopic (exact) mass is 446 g/mol. The van der Waals surface area contributed by atoms with E-state index in [1.807, 2.05) is 44.2 Å². The van der Waals surface area contributed by atoms with Crippen molar-refractivity contribution < 1.29 is 22.1 Å². The van der Waals surface area contributed by atoms with Crippen molar-refractivity contribution in [3.8, 4) is 11.5 Å². The molecule has 0 aliphatic rings. The number of carbonyl (C=O) groups is 1. The largest absolute Gasteiger partial charge is 0.423 e. The average Bonchev–Trinajstić information content (AvgIpc) is 2.76. The third kappa shape index (κ3) is 4.36. The Morgan fingerprint density at radius 3 is 2.16 bits per heavy atom. The fraction of sp³-hybridized carbons (Fsp3) is 0.115. The van der Waals surface area contributed by atoms with E-state index in [0.29, 0.717) is 11.3 Å². The van der Waals surface area contributed by atoms with E-state index in [1.165, 1.54) is 12.1 Å². The van der Waals surface area contributed by atoms with Gasteiger partial charge in [0, 0.05) is 0 Å². The Kier molecular flexibility index (Phi) is 5.72. The maximum atomic E-state index is 13.0. The van der Waals surface area contributed by atoms with Crippen LogP contribution in [0.25, 0.3) is 10.8 Å². The van der Waals surface area contributed by atoms with Crippen LogP contribution in [0, 0.1) is 20.8 Å².